The zero-order valence-corrected chi connectivity index (χ0v) is 13.3. The van der Waals surface area contributed by atoms with E-state index in [1.807, 2.05) is 0 Å². The first-order chi connectivity index (χ1) is 9.83. The average Bonchev–Trinajstić information content (AvgIpc) is 2.91. The van der Waals surface area contributed by atoms with E-state index < -0.39 is 16.1 Å². The molecule has 2 aromatic rings. The van der Waals surface area contributed by atoms with Crippen LogP contribution in [0.4, 0.5) is 4.39 Å². The van der Waals surface area contributed by atoms with Crippen LogP contribution in [0.5, 0.6) is 0 Å². The lowest BCUT2D eigenvalue weighted by Gasteiger charge is -2.14. The van der Waals surface area contributed by atoms with Crippen molar-refractivity contribution in [2.24, 2.45) is 0 Å². The van der Waals surface area contributed by atoms with E-state index in [0.29, 0.717) is 16.7 Å². The minimum atomic E-state index is -3.68. The smallest absolute Gasteiger partial charge is 0.250 e. The third-order valence-electron chi connectivity index (χ3n) is 3.10. The summed E-state index contributed by atoms with van der Waals surface area (Å²) >= 11 is 1.04. The molecule has 7 heteroatoms. The van der Waals surface area contributed by atoms with Crippen molar-refractivity contribution in [2.75, 3.05) is 0 Å². The molecule has 0 saturated carbocycles. The summed E-state index contributed by atoms with van der Waals surface area (Å²) in [5, 5.41) is 10.6. The average molecular weight is 329 g/mol. The molecule has 0 saturated heterocycles. The summed E-state index contributed by atoms with van der Waals surface area (Å²) in [6.45, 7) is 3.10. The van der Waals surface area contributed by atoms with Crippen molar-refractivity contribution >= 4 is 21.4 Å². The van der Waals surface area contributed by atoms with E-state index >= 15 is 0 Å². The highest BCUT2D eigenvalue weighted by molar-refractivity contribution is 7.91. The fourth-order valence-corrected chi connectivity index (χ4v) is 4.26. The lowest BCUT2D eigenvalue weighted by molar-refractivity contribution is 0.282. The molecular weight excluding hydrogens is 313 g/mol. The van der Waals surface area contributed by atoms with E-state index in [0.717, 1.165) is 11.3 Å². The van der Waals surface area contributed by atoms with Crippen LogP contribution in [0.25, 0.3) is 0 Å². The number of thiophene rings is 1. The summed E-state index contributed by atoms with van der Waals surface area (Å²) in [5.41, 5.74) is 1.62. The fraction of sp³-hybridized carbons (Fsp3) is 0.286. The van der Waals surface area contributed by atoms with Crippen molar-refractivity contribution < 1.29 is 17.9 Å². The van der Waals surface area contributed by atoms with Gasteiger partial charge < -0.3 is 5.11 Å². The van der Waals surface area contributed by atoms with Gasteiger partial charge in [0.2, 0.25) is 0 Å². The van der Waals surface area contributed by atoms with Crippen molar-refractivity contribution in [3.63, 3.8) is 0 Å². The highest BCUT2D eigenvalue weighted by Crippen LogP contribution is 2.23. The summed E-state index contributed by atoms with van der Waals surface area (Å²) in [4.78, 5) is 0. The molecule has 0 aliphatic rings. The second kappa shape index (κ2) is 6.23. The molecule has 0 aliphatic heterocycles. The van der Waals surface area contributed by atoms with Crippen LogP contribution in [0.2, 0.25) is 0 Å². The molecule has 1 heterocycles. The van der Waals surface area contributed by atoms with Crippen LogP contribution in [0.3, 0.4) is 0 Å². The van der Waals surface area contributed by atoms with E-state index in [1.165, 1.54) is 12.1 Å². The molecule has 4 nitrogen and oxygen atoms in total. The topological polar surface area (TPSA) is 66.4 Å². The second-order valence-corrected chi connectivity index (χ2v) is 7.64. The first-order valence-electron chi connectivity index (χ1n) is 6.30. The summed E-state index contributed by atoms with van der Waals surface area (Å²) in [6, 6.07) is 5.51. The lowest BCUT2D eigenvalue weighted by atomic mass is 10.1. The predicted octanol–water partition coefficient (Wildman–Crippen LogP) is 2.73. The van der Waals surface area contributed by atoms with E-state index in [-0.39, 0.29) is 16.6 Å². The van der Waals surface area contributed by atoms with E-state index in [4.69, 9.17) is 5.11 Å². The van der Waals surface area contributed by atoms with Gasteiger partial charge in [-0.1, -0.05) is 12.1 Å². The zero-order chi connectivity index (χ0) is 15.6. The predicted molar refractivity (Wildman–Crippen MR) is 80.1 cm³/mol. The van der Waals surface area contributed by atoms with Gasteiger partial charge in [0, 0.05) is 6.04 Å². The number of halogens is 1. The van der Waals surface area contributed by atoms with Crippen LogP contribution in [-0.2, 0) is 16.6 Å². The Morgan fingerprint density at radius 3 is 2.67 bits per heavy atom. The molecule has 114 valence electrons. The fourth-order valence-electron chi connectivity index (χ4n) is 1.81. The third-order valence-corrected chi connectivity index (χ3v) is 6.13. The van der Waals surface area contributed by atoms with Crippen molar-refractivity contribution in [1.29, 1.82) is 0 Å². The van der Waals surface area contributed by atoms with Crippen LogP contribution >= 0.6 is 11.3 Å². The number of aliphatic hydroxyl groups is 1. The van der Waals surface area contributed by atoms with Gasteiger partial charge in [-0.05, 0) is 48.1 Å². The first-order valence-corrected chi connectivity index (χ1v) is 8.66. The normalized spacial score (nSPS) is 13.3. The van der Waals surface area contributed by atoms with Crippen molar-refractivity contribution in [1.82, 2.24) is 4.72 Å². The maximum Gasteiger partial charge on any atom is 0.250 e. The maximum atomic E-state index is 13.5. The molecule has 2 N–H and O–H groups in total. The highest BCUT2D eigenvalue weighted by Gasteiger charge is 2.20. The molecular formula is C14H16FNO3S2. The van der Waals surface area contributed by atoms with Gasteiger partial charge in [0.25, 0.3) is 10.0 Å². The Morgan fingerprint density at radius 2 is 2.10 bits per heavy atom. The van der Waals surface area contributed by atoms with Crippen LogP contribution in [0.1, 0.15) is 29.7 Å². The van der Waals surface area contributed by atoms with Crippen LogP contribution in [-0.4, -0.2) is 13.5 Å². The molecule has 1 aromatic heterocycles. The number of hydrogen-bond acceptors (Lipinski definition) is 4. The van der Waals surface area contributed by atoms with Crippen molar-refractivity contribution in [3.8, 4) is 0 Å². The SMILES string of the molecule is Cc1ccc(C(C)NS(=O)(=O)c2cc(CO)cs2)cc1F. The minimum Gasteiger partial charge on any atom is -0.392 e. The van der Waals surface area contributed by atoms with Crippen LogP contribution in [0.15, 0.2) is 33.9 Å². The van der Waals surface area contributed by atoms with Crippen LogP contribution < -0.4 is 4.72 Å². The van der Waals surface area contributed by atoms with Crippen LogP contribution in [0, 0.1) is 12.7 Å². The Kier molecular flexibility index (Phi) is 4.77. The number of sulfonamides is 1. The highest BCUT2D eigenvalue weighted by atomic mass is 32.2. The number of rotatable bonds is 5. The standard InChI is InChI=1S/C14H16FNO3S2/c1-9-3-4-12(6-13(9)15)10(2)16-21(18,19)14-5-11(7-17)8-20-14/h3-6,8,10,16-17H,7H2,1-2H3. The summed E-state index contributed by atoms with van der Waals surface area (Å²) < 4.78 is 40.6. The number of aryl methyl sites for hydroxylation is 1. The molecule has 2 rings (SSSR count). The first kappa shape index (κ1) is 16.1. The molecule has 0 fully saturated rings. The van der Waals surface area contributed by atoms with Crippen molar-refractivity contribution in [2.45, 2.75) is 30.7 Å². The molecule has 0 amide bonds. The minimum absolute atomic E-state index is 0.131. The van der Waals surface area contributed by atoms with E-state index in [1.54, 1.807) is 31.4 Å². The maximum absolute atomic E-state index is 13.5. The van der Waals surface area contributed by atoms with E-state index in [2.05, 4.69) is 4.72 Å². The lowest BCUT2D eigenvalue weighted by Crippen LogP contribution is -2.26. The Labute approximate surface area is 127 Å². The van der Waals surface area contributed by atoms with Gasteiger partial charge in [0.1, 0.15) is 10.0 Å². The molecule has 0 aliphatic carbocycles. The summed E-state index contributed by atoms with van der Waals surface area (Å²) in [6.07, 6.45) is 0. The molecule has 21 heavy (non-hydrogen) atoms. The van der Waals surface area contributed by atoms with Gasteiger partial charge >= 0.3 is 0 Å². The monoisotopic (exact) mass is 329 g/mol. The van der Waals surface area contributed by atoms with Crippen molar-refractivity contribution in [3.05, 3.63) is 52.2 Å². The second-order valence-electron chi connectivity index (χ2n) is 4.78. The Balaban J connectivity index is 2.21. The largest absolute Gasteiger partial charge is 0.392 e. The Morgan fingerprint density at radius 1 is 1.38 bits per heavy atom. The molecule has 0 bridgehead atoms. The zero-order valence-electron chi connectivity index (χ0n) is 11.6. The molecule has 0 radical (unpaired) electrons. The molecule has 1 unspecified atom stereocenters. The van der Waals surface area contributed by atoms with Gasteiger partial charge in [-0.25, -0.2) is 17.5 Å². The van der Waals surface area contributed by atoms with Gasteiger partial charge in [-0.3, -0.25) is 0 Å². The Bertz CT molecular complexity index is 740. The molecule has 1 atom stereocenters. The molecule has 0 spiro atoms. The Hall–Kier alpha value is -1.28. The van der Waals surface area contributed by atoms with E-state index in [9.17, 15) is 12.8 Å². The molecule has 1 aromatic carbocycles. The summed E-state index contributed by atoms with van der Waals surface area (Å²) in [7, 11) is -3.68. The third kappa shape index (κ3) is 3.68. The van der Waals surface area contributed by atoms with Gasteiger partial charge in [-0.2, -0.15) is 0 Å². The number of nitrogens with one attached hydrogen (secondary N) is 1. The number of hydrogen-bond donors (Lipinski definition) is 2. The van der Waals surface area contributed by atoms with Gasteiger partial charge in [0.15, 0.2) is 0 Å². The number of benzene rings is 1. The number of aliphatic hydroxyl groups excluding tert-OH is 1. The summed E-state index contributed by atoms with van der Waals surface area (Å²) in [5.74, 6) is -0.364. The van der Waals surface area contributed by atoms with Gasteiger partial charge in [0.05, 0.1) is 6.61 Å². The van der Waals surface area contributed by atoms with Gasteiger partial charge in [-0.15, -0.1) is 11.3 Å². The quantitative estimate of drug-likeness (QED) is 0.886.